The van der Waals surface area contributed by atoms with Crippen LogP contribution in [0.15, 0.2) is 41.3 Å². The number of nitrogens with one attached hydrogen (secondary N) is 2. The number of anilines is 1. The minimum absolute atomic E-state index is 0.00676. The van der Waals surface area contributed by atoms with Gasteiger partial charge in [-0.1, -0.05) is 0 Å². The molecule has 0 spiro atoms. The molecule has 0 fully saturated rings. The fourth-order valence-corrected chi connectivity index (χ4v) is 3.30. The normalized spacial score (nSPS) is 15.0. The minimum atomic E-state index is -3.69. The monoisotopic (exact) mass is 375 g/mol. The smallest absolute Gasteiger partial charge is 0.310 e. The molecule has 134 valence electrons. The molecule has 26 heavy (non-hydrogen) atoms. The molecule has 9 nitrogen and oxygen atoms in total. The van der Waals surface area contributed by atoms with Crippen molar-refractivity contribution in [2.75, 3.05) is 12.4 Å². The molecule has 0 unspecified atom stereocenters. The summed E-state index contributed by atoms with van der Waals surface area (Å²) in [6.07, 6.45) is 1.42. The number of nitrogens with zero attached hydrogens (tertiary/aromatic N) is 1. The average Bonchev–Trinajstić information content (AvgIpc) is 2.89. The number of carbonyl (C=O) groups is 1. The predicted molar refractivity (Wildman–Crippen MR) is 93.9 cm³/mol. The van der Waals surface area contributed by atoms with Crippen LogP contribution in [0.2, 0.25) is 0 Å². The Morgan fingerprint density at radius 3 is 2.58 bits per heavy atom. The van der Waals surface area contributed by atoms with Crippen LogP contribution in [0, 0.1) is 10.1 Å². The summed E-state index contributed by atoms with van der Waals surface area (Å²) >= 11 is 0. The molecule has 0 atom stereocenters. The molecule has 1 heterocycles. The topological polar surface area (TPSA) is 139 Å². The number of hydrogen-bond acceptors (Lipinski definition) is 6. The van der Waals surface area contributed by atoms with Crippen LogP contribution in [0.25, 0.3) is 11.6 Å². The van der Waals surface area contributed by atoms with Gasteiger partial charge in [-0.25, -0.2) is 13.1 Å². The quantitative estimate of drug-likeness (QED) is 0.422. The Kier molecular flexibility index (Phi) is 4.22. The van der Waals surface area contributed by atoms with Gasteiger partial charge in [0.15, 0.2) is 5.75 Å². The predicted octanol–water partition coefficient (Wildman–Crippen LogP) is 1.70. The second-order valence-corrected chi connectivity index (χ2v) is 7.32. The minimum Gasteiger partial charge on any atom is -0.502 e. The van der Waals surface area contributed by atoms with Gasteiger partial charge in [-0.3, -0.25) is 14.9 Å². The molecule has 1 aliphatic rings. The summed E-state index contributed by atoms with van der Waals surface area (Å²) < 4.78 is 26.1. The van der Waals surface area contributed by atoms with Crippen LogP contribution < -0.4 is 10.0 Å². The Hall–Kier alpha value is -3.24. The van der Waals surface area contributed by atoms with E-state index in [2.05, 4.69) is 10.0 Å². The highest BCUT2D eigenvalue weighted by Crippen LogP contribution is 2.36. The highest BCUT2D eigenvalue weighted by molar-refractivity contribution is 7.89. The zero-order valence-corrected chi connectivity index (χ0v) is 14.2. The molecular formula is C16H13N3O6S. The molecule has 1 amide bonds. The van der Waals surface area contributed by atoms with Crippen molar-refractivity contribution in [2.24, 2.45) is 0 Å². The van der Waals surface area contributed by atoms with Crippen LogP contribution in [0.1, 0.15) is 11.1 Å². The maximum absolute atomic E-state index is 12.2. The van der Waals surface area contributed by atoms with E-state index in [0.717, 1.165) is 12.1 Å². The molecule has 3 rings (SSSR count). The van der Waals surface area contributed by atoms with Gasteiger partial charge >= 0.3 is 5.69 Å². The fraction of sp³-hybridized carbons (Fsp3) is 0.0625. The van der Waals surface area contributed by atoms with Gasteiger partial charge < -0.3 is 10.4 Å². The van der Waals surface area contributed by atoms with Crippen molar-refractivity contribution in [1.29, 1.82) is 0 Å². The Bertz CT molecular complexity index is 1080. The molecule has 0 aliphatic carbocycles. The molecule has 1 aliphatic heterocycles. The SMILES string of the molecule is CNS(=O)(=O)c1ccc2c(c1)C(=Cc1ccc([N+](=O)[O-])c(O)c1)C(=O)N2. The van der Waals surface area contributed by atoms with Gasteiger partial charge in [-0.05, 0) is 49.0 Å². The number of carbonyl (C=O) groups excluding carboxylic acids is 1. The molecule has 0 aromatic heterocycles. The lowest BCUT2D eigenvalue weighted by Gasteiger charge is -2.05. The number of hydrogen-bond donors (Lipinski definition) is 3. The molecular weight excluding hydrogens is 362 g/mol. The van der Waals surface area contributed by atoms with Gasteiger partial charge in [0, 0.05) is 22.9 Å². The second kappa shape index (κ2) is 6.24. The Balaban J connectivity index is 2.09. The van der Waals surface area contributed by atoms with E-state index in [9.17, 15) is 28.4 Å². The zero-order valence-electron chi connectivity index (χ0n) is 13.4. The van der Waals surface area contributed by atoms with Crippen molar-refractivity contribution in [2.45, 2.75) is 4.90 Å². The molecule has 0 saturated carbocycles. The van der Waals surface area contributed by atoms with Crippen LogP contribution in [0.3, 0.4) is 0 Å². The van der Waals surface area contributed by atoms with Gasteiger partial charge in [-0.15, -0.1) is 0 Å². The number of aromatic hydroxyl groups is 1. The van der Waals surface area contributed by atoms with E-state index < -0.39 is 32.3 Å². The molecule has 10 heteroatoms. The number of benzene rings is 2. The van der Waals surface area contributed by atoms with Crippen molar-refractivity contribution in [1.82, 2.24) is 4.72 Å². The maximum Gasteiger partial charge on any atom is 0.310 e. The molecule has 2 aromatic carbocycles. The number of rotatable bonds is 4. The van der Waals surface area contributed by atoms with E-state index in [0.29, 0.717) is 16.8 Å². The first-order valence-electron chi connectivity index (χ1n) is 7.31. The van der Waals surface area contributed by atoms with Gasteiger partial charge in [0.05, 0.1) is 9.82 Å². The van der Waals surface area contributed by atoms with Crippen LogP contribution in [-0.2, 0) is 14.8 Å². The number of nitro benzene ring substituents is 1. The Morgan fingerprint density at radius 1 is 1.23 bits per heavy atom. The third kappa shape index (κ3) is 3.03. The number of sulfonamides is 1. The number of phenols is 1. The third-order valence-electron chi connectivity index (χ3n) is 3.86. The largest absolute Gasteiger partial charge is 0.502 e. The molecule has 2 aromatic rings. The highest BCUT2D eigenvalue weighted by atomic mass is 32.2. The van der Waals surface area contributed by atoms with Crippen molar-refractivity contribution in [3.63, 3.8) is 0 Å². The fourth-order valence-electron chi connectivity index (χ4n) is 2.55. The lowest BCUT2D eigenvalue weighted by Crippen LogP contribution is -2.18. The number of nitro groups is 1. The first-order valence-corrected chi connectivity index (χ1v) is 8.79. The molecule has 0 bridgehead atoms. The Labute approximate surface area is 148 Å². The van der Waals surface area contributed by atoms with E-state index in [4.69, 9.17) is 0 Å². The van der Waals surface area contributed by atoms with Crippen molar-refractivity contribution >= 4 is 39.0 Å². The van der Waals surface area contributed by atoms with Crippen molar-refractivity contribution in [3.05, 3.63) is 57.6 Å². The second-order valence-electron chi connectivity index (χ2n) is 5.43. The number of amides is 1. The first-order chi connectivity index (χ1) is 12.2. The summed E-state index contributed by atoms with van der Waals surface area (Å²) in [6, 6.07) is 7.86. The molecule has 0 radical (unpaired) electrons. The summed E-state index contributed by atoms with van der Waals surface area (Å²) in [5.41, 5.74) is 0.909. The summed E-state index contributed by atoms with van der Waals surface area (Å²) in [6.45, 7) is 0. The number of phenolic OH excluding ortho intramolecular Hbond substituents is 1. The third-order valence-corrected chi connectivity index (χ3v) is 5.27. The first kappa shape index (κ1) is 17.6. The van der Waals surface area contributed by atoms with Gasteiger partial charge in [0.25, 0.3) is 5.91 Å². The summed E-state index contributed by atoms with van der Waals surface area (Å²) in [5.74, 6) is -0.980. The van der Waals surface area contributed by atoms with E-state index in [-0.39, 0.29) is 10.5 Å². The van der Waals surface area contributed by atoms with Crippen LogP contribution in [0.4, 0.5) is 11.4 Å². The van der Waals surface area contributed by atoms with Gasteiger partial charge in [-0.2, -0.15) is 0 Å². The van der Waals surface area contributed by atoms with Gasteiger partial charge in [0.1, 0.15) is 0 Å². The zero-order chi connectivity index (χ0) is 19.1. The highest BCUT2D eigenvalue weighted by Gasteiger charge is 2.26. The molecule has 0 saturated heterocycles. The summed E-state index contributed by atoms with van der Waals surface area (Å²) in [4.78, 5) is 22.2. The average molecular weight is 375 g/mol. The van der Waals surface area contributed by atoms with Crippen LogP contribution >= 0.6 is 0 Å². The van der Waals surface area contributed by atoms with Crippen molar-refractivity contribution in [3.8, 4) is 5.75 Å². The summed E-state index contributed by atoms with van der Waals surface area (Å²) in [5, 5.41) is 23.1. The standard InChI is InChI=1S/C16H13N3O6S/c1-17-26(24,25)10-3-4-13-11(8-10)12(16(21)18-13)6-9-2-5-14(19(22)23)15(20)7-9/h2-8,17,20H,1H3,(H,18,21). The van der Waals surface area contributed by atoms with Crippen LogP contribution in [0.5, 0.6) is 5.75 Å². The molecule has 3 N–H and O–H groups in total. The van der Waals surface area contributed by atoms with E-state index >= 15 is 0 Å². The van der Waals surface area contributed by atoms with Crippen molar-refractivity contribution < 1.29 is 23.2 Å². The maximum atomic E-state index is 12.2. The van der Waals surface area contributed by atoms with E-state index in [1.165, 1.54) is 37.4 Å². The van der Waals surface area contributed by atoms with E-state index in [1.54, 1.807) is 0 Å². The van der Waals surface area contributed by atoms with E-state index in [1.807, 2.05) is 0 Å². The summed E-state index contributed by atoms with van der Waals surface area (Å²) in [7, 11) is -2.41. The Morgan fingerprint density at radius 2 is 1.96 bits per heavy atom. The van der Waals surface area contributed by atoms with Crippen LogP contribution in [-0.4, -0.2) is 31.4 Å². The van der Waals surface area contributed by atoms with Gasteiger partial charge in [0.2, 0.25) is 10.0 Å². The lowest BCUT2D eigenvalue weighted by atomic mass is 10.0. The number of fused-ring (bicyclic) bond motifs is 1. The lowest BCUT2D eigenvalue weighted by molar-refractivity contribution is -0.385.